The summed E-state index contributed by atoms with van der Waals surface area (Å²) in [5.74, 6) is 1.96. The van der Waals surface area contributed by atoms with Gasteiger partial charge in [-0.1, -0.05) is 0 Å². The molecule has 3 rings (SSSR count). The Bertz CT molecular complexity index is 147. The Labute approximate surface area is 86.4 Å². The van der Waals surface area contributed by atoms with Crippen LogP contribution in [0.15, 0.2) is 0 Å². The lowest BCUT2D eigenvalue weighted by molar-refractivity contribution is 0.255. The second kappa shape index (κ2) is 4.18. The lowest BCUT2D eigenvalue weighted by Crippen LogP contribution is -2.32. The van der Waals surface area contributed by atoms with Gasteiger partial charge in [0.15, 0.2) is 0 Å². The number of fused-ring (bicyclic) bond motifs is 4. The van der Waals surface area contributed by atoms with Crippen LogP contribution in [0.2, 0.25) is 0 Å². The van der Waals surface area contributed by atoms with Crippen LogP contribution in [0.4, 0.5) is 0 Å². The van der Waals surface area contributed by atoms with Crippen LogP contribution in [0.5, 0.6) is 0 Å². The van der Waals surface area contributed by atoms with Gasteiger partial charge in [-0.15, -0.1) is 11.6 Å². The second-order valence-corrected chi connectivity index (χ2v) is 5.63. The first kappa shape index (κ1) is 9.79. The smallest absolute Gasteiger partial charge is 0.0435 e. The number of alkyl halides is 1. The molecule has 3 fully saturated rings. The summed E-state index contributed by atoms with van der Waals surface area (Å²) in [4.78, 5) is 2.59. The average Bonchev–Trinajstić information content (AvgIpc) is 2.34. The molecule has 0 N–H and O–H groups in total. The molecule has 2 saturated heterocycles. The molecule has 0 aromatic rings. The Hall–Kier alpha value is 0.250. The fourth-order valence-corrected chi connectivity index (χ4v) is 3.10. The Morgan fingerprint density at radius 2 is 1.62 bits per heavy atom. The van der Waals surface area contributed by atoms with Crippen LogP contribution in [0, 0.1) is 11.8 Å². The Morgan fingerprint density at radius 3 is 2.00 bits per heavy atom. The van der Waals surface area contributed by atoms with Crippen molar-refractivity contribution in [3.05, 3.63) is 0 Å². The summed E-state index contributed by atoms with van der Waals surface area (Å²) in [7, 11) is 0. The SMILES string of the molecule is CC(Cl)CN1CC2CCC(CC2)C1. The second-order valence-electron chi connectivity index (χ2n) is 4.89. The van der Waals surface area contributed by atoms with Gasteiger partial charge in [0, 0.05) is 25.0 Å². The van der Waals surface area contributed by atoms with Crippen LogP contribution in [0.3, 0.4) is 0 Å². The van der Waals surface area contributed by atoms with Crippen molar-refractivity contribution in [3.63, 3.8) is 0 Å². The van der Waals surface area contributed by atoms with Crippen molar-refractivity contribution in [2.24, 2.45) is 11.8 Å². The largest absolute Gasteiger partial charge is 0.301 e. The van der Waals surface area contributed by atoms with E-state index in [1.807, 2.05) is 0 Å². The summed E-state index contributed by atoms with van der Waals surface area (Å²) < 4.78 is 0. The molecule has 1 aliphatic carbocycles. The van der Waals surface area contributed by atoms with Crippen LogP contribution >= 0.6 is 11.6 Å². The fourth-order valence-electron chi connectivity index (χ4n) is 2.91. The maximum atomic E-state index is 6.04. The van der Waals surface area contributed by atoms with Gasteiger partial charge in [0.25, 0.3) is 0 Å². The number of halogens is 1. The van der Waals surface area contributed by atoms with Gasteiger partial charge >= 0.3 is 0 Å². The van der Waals surface area contributed by atoms with E-state index in [9.17, 15) is 0 Å². The quantitative estimate of drug-likeness (QED) is 0.622. The number of rotatable bonds is 2. The van der Waals surface area contributed by atoms with Crippen LogP contribution in [0.1, 0.15) is 32.6 Å². The number of hydrogen-bond donors (Lipinski definition) is 0. The molecule has 0 aromatic heterocycles. The van der Waals surface area contributed by atoms with Gasteiger partial charge < -0.3 is 4.90 Å². The maximum absolute atomic E-state index is 6.04. The summed E-state index contributed by atoms with van der Waals surface area (Å²) in [6, 6.07) is 0. The van der Waals surface area contributed by atoms with Gasteiger partial charge in [0.05, 0.1) is 0 Å². The predicted octanol–water partition coefficient (Wildman–Crippen LogP) is 2.74. The summed E-state index contributed by atoms with van der Waals surface area (Å²) >= 11 is 6.04. The van der Waals surface area contributed by atoms with E-state index in [1.165, 1.54) is 38.8 Å². The third-order valence-electron chi connectivity index (χ3n) is 3.51. The molecule has 1 unspecified atom stereocenters. The standard InChI is InChI=1S/C11H20ClN/c1-9(12)6-13-7-10-2-3-11(8-13)5-4-10/h9-11H,2-8H2,1H3. The lowest BCUT2D eigenvalue weighted by Gasteiger charge is -2.23. The van der Waals surface area contributed by atoms with Crippen LogP contribution in [-0.2, 0) is 0 Å². The summed E-state index contributed by atoms with van der Waals surface area (Å²) in [5, 5.41) is 0.317. The van der Waals surface area contributed by atoms with E-state index in [0.717, 1.165) is 18.4 Å². The third-order valence-corrected chi connectivity index (χ3v) is 3.65. The van der Waals surface area contributed by atoms with E-state index in [-0.39, 0.29) is 0 Å². The highest BCUT2D eigenvalue weighted by Crippen LogP contribution is 2.33. The zero-order valence-corrected chi connectivity index (χ0v) is 9.26. The Kier molecular flexibility index (Phi) is 3.15. The monoisotopic (exact) mass is 201 g/mol. The minimum Gasteiger partial charge on any atom is -0.301 e. The fraction of sp³-hybridized carbons (Fsp3) is 1.00. The molecule has 2 aliphatic heterocycles. The molecule has 2 heteroatoms. The van der Waals surface area contributed by atoms with Crippen molar-refractivity contribution >= 4 is 11.6 Å². The van der Waals surface area contributed by atoms with Crippen molar-refractivity contribution in [1.82, 2.24) is 4.90 Å². The first-order valence-corrected chi connectivity index (χ1v) is 6.04. The molecule has 2 bridgehead atoms. The van der Waals surface area contributed by atoms with E-state index in [0.29, 0.717) is 5.38 Å². The summed E-state index contributed by atoms with van der Waals surface area (Å²) in [6.07, 6.45) is 5.88. The van der Waals surface area contributed by atoms with E-state index in [2.05, 4.69) is 11.8 Å². The van der Waals surface area contributed by atoms with E-state index in [4.69, 9.17) is 11.6 Å². The van der Waals surface area contributed by atoms with Crippen molar-refractivity contribution in [1.29, 1.82) is 0 Å². The minimum atomic E-state index is 0.317. The first-order valence-electron chi connectivity index (χ1n) is 5.60. The molecule has 2 heterocycles. The van der Waals surface area contributed by atoms with Gasteiger partial charge in [-0.25, -0.2) is 0 Å². The Morgan fingerprint density at radius 1 is 1.15 bits per heavy atom. The van der Waals surface area contributed by atoms with Crippen molar-refractivity contribution in [3.8, 4) is 0 Å². The molecular formula is C11H20ClN. The molecule has 13 heavy (non-hydrogen) atoms. The van der Waals surface area contributed by atoms with Crippen LogP contribution < -0.4 is 0 Å². The number of nitrogens with zero attached hydrogens (tertiary/aromatic N) is 1. The van der Waals surface area contributed by atoms with Crippen molar-refractivity contribution in [2.45, 2.75) is 38.0 Å². The molecule has 1 saturated carbocycles. The molecule has 1 nitrogen and oxygen atoms in total. The average molecular weight is 202 g/mol. The summed E-state index contributed by atoms with van der Waals surface area (Å²) in [5.41, 5.74) is 0. The molecule has 0 radical (unpaired) electrons. The van der Waals surface area contributed by atoms with Gasteiger partial charge in [-0.3, -0.25) is 0 Å². The van der Waals surface area contributed by atoms with E-state index >= 15 is 0 Å². The Balaban J connectivity index is 1.91. The molecular weight excluding hydrogens is 182 g/mol. The van der Waals surface area contributed by atoms with Crippen LogP contribution in [-0.4, -0.2) is 29.9 Å². The zero-order chi connectivity index (χ0) is 9.26. The van der Waals surface area contributed by atoms with Gasteiger partial charge in [0.1, 0.15) is 0 Å². The van der Waals surface area contributed by atoms with Gasteiger partial charge in [0.2, 0.25) is 0 Å². The predicted molar refractivity (Wildman–Crippen MR) is 57.2 cm³/mol. The van der Waals surface area contributed by atoms with Crippen molar-refractivity contribution in [2.75, 3.05) is 19.6 Å². The maximum Gasteiger partial charge on any atom is 0.0435 e. The lowest BCUT2D eigenvalue weighted by atomic mass is 9.84. The topological polar surface area (TPSA) is 3.24 Å². The molecule has 0 spiro atoms. The van der Waals surface area contributed by atoms with Crippen LogP contribution in [0.25, 0.3) is 0 Å². The highest BCUT2D eigenvalue weighted by Gasteiger charge is 2.29. The molecule has 76 valence electrons. The summed E-state index contributed by atoms with van der Waals surface area (Å²) in [6.45, 7) is 5.82. The molecule has 0 aromatic carbocycles. The highest BCUT2D eigenvalue weighted by atomic mass is 35.5. The molecule has 0 amide bonds. The molecule has 1 atom stereocenters. The van der Waals surface area contributed by atoms with Crippen molar-refractivity contribution < 1.29 is 0 Å². The van der Waals surface area contributed by atoms with E-state index in [1.54, 1.807) is 0 Å². The normalized spacial score (nSPS) is 37.4. The zero-order valence-electron chi connectivity index (χ0n) is 8.51. The van der Waals surface area contributed by atoms with Gasteiger partial charge in [-0.05, 0) is 44.4 Å². The first-order chi connectivity index (χ1) is 6.24. The number of hydrogen-bond acceptors (Lipinski definition) is 1. The molecule has 3 aliphatic rings. The minimum absolute atomic E-state index is 0.317. The van der Waals surface area contributed by atoms with E-state index < -0.39 is 0 Å². The van der Waals surface area contributed by atoms with Gasteiger partial charge in [-0.2, -0.15) is 0 Å². The highest BCUT2D eigenvalue weighted by molar-refractivity contribution is 6.20. The third kappa shape index (κ3) is 2.60.